The molecule has 7 aromatic rings. The Morgan fingerprint density at radius 2 is 1.47 bits per heavy atom. The molecule has 43 heavy (non-hydrogen) atoms. The van der Waals surface area contributed by atoms with E-state index >= 15 is 0 Å². The van der Waals surface area contributed by atoms with Gasteiger partial charge in [0.05, 0.1) is 5.58 Å². The molecule has 3 heterocycles. The van der Waals surface area contributed by atoms with E-state index in [4.69, 9.17) is 9.40 Å². The van der Waals surface area contributed by atoms with Crippen molar-refractivity contribution >= 4 is 32.7 Å². The first-order valence-corrected chi connectivity index (χ1v) is 14.4. The van der Waals surface area contributed by atoms with E-state index in [1.54, 1.807) is 0 Å². The second-order valence-electron chi connectivity index (χ2n) is 12.1. The van der Waals surface area contributed by atoms with Crippen molar-refractivity contribution in [3.05, 3.63) is 132 Å². The van der Waals surface area contributed by atoms with Crippen LogP contribution in [0, 0.1) is 31.4 Å². The molecule has 4 aromatic carbocycles. The standard InChI is InChI=1S/C27H24NO.C12H10N.Ir/c1-17-16-28-24(14-19(17)15-27(2,3)4)23-11-7-10-21-22-13-12-18-8-5-6-9-20(18)25(22)29-26(21)23;1-10-7-8-12(13-9-10)11-5-3-2-4-6-11;/h5-10,12-14,16H,15H2,1-4H3;2-5,7-9H,1H3;/q2*-1;. The van der Waals surface area contributed by atoms with Gasteiger partial charge in [0.2, 0.25) is 0 Å². The zero-order valence-electron chi connectivity index (χ0n) is 25.2. The topological polar surface area (TPSA) is 38.9 Å². The average molecular weight is 739 g/mol. The van der Waals surface area contributed by atoms with E-state index in [9.17, 15) is 0 Å². The largest absolute Gasteiger partial charge is 0.500 e. The maximum atomic E-state index is 6.45. The molecule has 0 bridgehead atoms. The number of aryl methyl sites for hydroxylation is 2. The molecule has 0 spiro atoms. The van der Waals surface area contributed by atoms with E-state index in [0.717, 1.165) is 56.3 Å². The normalized spacial score (nSPS) is 11.3. The molecule has 0 aliphatic heterocycles. The van der Waals surface area contributed by atoms with Gasteiger partial charge in [0.25, 0.3) is 0 Å². The Kier molecular flexibility index (Phi) is 8.92. The first-order valence-electron chi connectivity index (χ1n) is 14.4. The quantitative estimate of drug-likeness (QED) is 0.170. The van der Waals surface area contributed by atoms with Gasteiger partial charge in [0.1, 0.15) is 5.58 Å². The van der Waals surface area contributed by atoms with Gasteiger partial charge in [-0.25, -0.2) is 0 Å². The van der Waals surface area contributed by atoms with Gasteiger partial charge in [0, 0.05) is 43.3 Å². The summed E-state index contributed by atoms with van der Waals surface area (Å²) in [6.07, 6.45) is 4.85. The van der Waals surface area contributed by atoms with Crippen LogP contribution in [0.1, 0.15) is 37.5 Å². The van der Waals surface area contributed by atoms with Crippen molar-refractivity contribution in [3.8, 4) is 22.5 Å². The number of pyridine rings is 2. The molecule has 0 atom stereocenters. The summed E-state index contributed by atoms with van der Waals surface area (Å²) < 4.78 is 6.45. The second-order valence-corrected chi connectivity index (χ2v) is 12.1. The molecular formula is C39H34IrN2O-2. The van der Waals surface area contributed by atoms with Gasteiger partial charge in [-0.05, 0) is 53.6 Å². The smallest absolute Gasteiger partial charge is 0.128 e. The number of hydrogen-bond acceptors (Lipinski definition) is 3. The Bertz CT molecular complexity index is 2000. The third-order valence-corrected chi connectivity index (χ3v) is 7.41. The van der Waals surface area contributed by atoms with E-state index < -0.39 is 0 Å². The van der Waals surface area contributed by atoms with Gasteiger partial charge in [-0.1, -0.05) is 91.9 Å². The Morgan fingerprint density at radius 1 is 0.698 bits per heavy atom. The minimum atomic E-state index is 0. The molecule has 217 valence electrons. The summed E-state index contributed by atoms with van der Waals surface area (Å²) in [5.41, 5.74) is 9.62. The fraction of sp³-hybridized carbons (Fsp3) is 0.179. The van der Waals surface area contributed by atoms with Crippen LogP contribution in [0.4, 0.5) is 0 Å². The SMILES string of the molecule is Cc1ccc(-c2[c-]cccc2)nc1.Cc1cnc(-c2[c-]ccc3c2oc2c4ccccc4ccc32)cc1CC(C)(C)C.[Ir]. The number of rotatable bonds is 3. The van der Waals surface area contributed by atoms with Crippen molar-refractivity contribution in [1.82, 2.24) is 9.97 Å². The van der Waals surface area contributed by atoms with Gasteiger partial charge in [-0.3, -0.25) is 0 Å². The molecule has 7 rings (SSSR count). The molecule has 0 N–H and O–H groups in total. The van der Waals surface area contributed by atoms with E-state index in [-0.39, 0.29) is 25.5 Å². The van der Waals surface area contributed by atoms with Crippen molar-refractivity contribution in [2.45, 2.75) is 41.0 Å². The fourth-order valence-corrected chi connectivity index (χ4v) is 5.30. The molecule has 0 amide bonds. The van der Waals surface area contributed by atoms with Crippen LogP contribution >= 0.6 is 0 Å². The van der Waals surface area contributed by atoms with Gasteiger partial charge >= 0.3 is 0 Å². The van der Waals surface area contributed by atoms with Crippen molar-refractivity contribution in [1.29, 1.82) is 0 Å². The van der Waals surface area contributed by atoms with Crippen LogP contribution in [0.3, 0.4) is 0 Å². The fourth-order valence-electron chi connectivity index (χ4n) is 5.30. The van der Waals surface area contributed by atoms with Crippen LogP contribution in [0.2, 0.25) is 0 Å². The minimum absolute atomic E-state index is 0. The maximum absolute atomic E-state index is 6.45. The van der Waals surface area contributed by atoms with Crippen LogP contribution in [-0.4, -0.2) is 9.97 Å². The summed E-state index contributed by atoms with van der Waals surface area (Å²) in [5.74, 6) is 0. The molecule has 4 heteroatoms. The average Bonchev–Trinajstić information content (AvgIpc) is 3.38. The molecule has 0 fully saturated rings. The molecule has 1 radical (unpaired) electrons. The molecule has 0 aliphatic rings. The molecule has 0 saturated carbocycles. The second kappa shape index (κ2) is 12.6. The summed E-state index contributed by atoms with van der Waals surface area (Å²) in [4.78, 5) is 9.05. The van der Waals surface area contributed by atoms with E-state index in [1.165, 1.54) is 22.1 Å². The predicted molar refractivity (Wildman–Crippen MR) is 174 cm³/mol. The monoisotopic (exact) mass is 739 g/mol. The number of fused-ring (bicyclic) bond motifs is 5. The molecule has 3 aromatic heterocycles. The summed E-state index contributed by atoms with van der Waals surface area (Å²) in [6, 6.07) is 37.4. The summed E-state index contributed by atoms with van der Waals surface area (Å²) >= 11 is 0. The Hall–Kier alpha value is -4.11. The number of nitrogens with zero attached hydrogens (tertiary/aromatic N) is 2. The zero-order valence-corrected chi connectivity index (χ0v) is 27.6. The van der Waals surface area contributed by atoms with Crippen molar-refractivity contribution in [2.24, 2.45) is 5.41 Å². The Balaban J connectivity index is 0.000000221. The van der Waals surface area contributed by atoms with Crippen LogP contribution < -0.4 is 0 Å². The van der Waals surface area contributed by atoms with E-state index in [2.05, 4.69) is 99.4 Å². The molecule has 0 unspecified atom stereocenters. The van der Waals surface area contributed by atoms with Gasteiger partial charge in [-0.15, -0.1) is 54.1 Å². The van der Waals surface area contributed by atoms with Crippen molar-refractivity contribution in [3.63, 3.8) is 0 Å². The van der Waals surface area contributed by atoms with E-state index in [0.29, 0.717) is 0 Å². The number of hydrogen-bond donors (Lipinski definition) is 0. The first kappa shape index (κ1) is 30.4. The van der Waals surface area contributed by atoms with Crippen molar-refractivity contribution in [2.75, 3.05) is 0 Å². The summed E-state index contributed by atoms with van der Waals surface area (Å²) in [6.45, 7) is 11.0. The number of benzene rings is 4. The predicted octanol–water partition coefficient (Wildman–Crippen LogP) is 10.4. The third-order valence-electron chi connectivity index (χ3n) is 7.41. The molecule has 0 aliphatic carbocycles. The van der Waals surface area contributed by atoms with Gasteiger partial charge in [-0.2, -0.15) is 0 Å². The summed E-state index contributed by atoms with van der Waals surface area (Å²) in [5, 5.41) is 4.57. The van der Waals surface area contributed by atoms with Gasteiger partial charge < -0.3 is 14.4 Å². The third kappa shape index (κ3) is 6.62. The maximum Gasteiger partial charge on any atom is 0.128 e. The van der Waals surface area contributed by atoms with Crippen LogP contribution in [0.15, 0.2) is 108 Å². The Morgan fingerprint density at radius 3 is 2.21 bits per heavy atom. The molecule has 3 nitrogen and oxygen atoms in total. The van der Waals surface area contributed by atoms with Gasteiger partial charge in [0.15, 0.2) is 0 Å². The number of aromatic nitrogens is 2. The molecular weight excluding hydrogens is 705 g/mol. The van der Waals surface area contributed by atoms with E-state index in [1.807, 2.05) is 55.7 Å². The van der Waals surface area contributed by atoms with Crippen LogP contribution in [0.25, 0.3) is 55.2 Å². The number of furan rings is 1. The first-order chi connectivity index (χ1) is 20.3. The molecule has 0 saturated heterocycles. The van der Waals surface area contributed by atoms with Crippen LogP contribution in [0.5, 0.6) is 0 Å². The minimum Gasteiger partial charge on any atom is -0.500 e. The Labute approximate surface area is 267 Å². The summed E-state index contributed by atoms with van der Waals surface area (Å²) in [7, 11) is 0. The van der Waals surface area contributed by atoms with Crippen molar-refractivity contribution < 1.29 is 24.5 Å². The van der Waals surface area contributed by atoms with Crippen LogP contribution in [-0.2, 0) is 26.5 Å². The zero-order chi connectivity index (χ0) is 29.3.